The van der Waals surface area contributed by atoms with Gasteiger partial charge in [-0.1, -0.05) is 35.5 Å². The van der Waals surface area contributed by atoms with E-state index >= 15 is 0 Å². The maximum atomic E-state index is 13.0. The molecule has 0 aliphatic heterocycles. The summed E-state index contributed by atoms with van der Waals surface area (Å²) in [4.78, 5) is 0. The minimum atomic E-state index is -0.257. The van der Waals surface area contributed by atoms with Crippen molar-refractivity contribution in [2.45, 2.75) is 30.9 Å². The van der Waals surface area contributed by atoms with E-state index in [1.54, 1.807) is 30.0 Å². The molecule has 1 unspecified atom stereocenters. The van der Waals surface area contributed by atoms with Crippen molar-refractivity contribution in [2.75, 3.05) is 0 Å². The lowest BCUT2D eigenvalue weighted by molar-refractivity contribution is 0.210. The first kappa shape index (κ1) is 18.7. The lowest BCUT2D eigenvalue weighted by Gasteiger charge is -2.16. The van der Waals surface area contributed by atoms with Gasteiger partial charge in [-0.15, -0.1) is 10.2 Å². The number of aromatic nitrogens is 3. The van der Waals surface area contributed by atoms with E-state index in [1.165, 1.54) is 12.1 Å². The number of rotatable bonds is 6. The fourth-order valence-electron chi connectivity index (χ4n) is 2.52. The number of benzene rings is 2. The lowest BCUT2D eigenvalue weighted by Crippen LogP contribution is -2.10. The molecule has 3 aromatic rings. The van der Waals surface area contributed by atoms with E-state index in [4.69, 9.17) is 16.3 Å². The van der Waals surface area contributed by atoms with Crippen molar-refractivity contribution < 1.29 is 9.13 Å². The zero-order chi connectivity index (χ0) is 18.7. The molecule has 26 heavy (non-hydrogen) atoms. The Hall–Kier alpha value is -2.05. The van der Waals surface area contributed by atoms with E-state index in [0.29, 0.717) is 10.8 Å². The second-order valence-electron chi connectivity index (χ2n) is 5.98. The van der Waals surface area contributed by atoms with Crippen LogP contribution in [-0.2, 0) is 12.8 Å². The highest BCUT2D eigenvalue weighted by molar-refractivity contribution is 7.98. The highest BCUT2D eigenvalue weighted by Gasteiger charge is 2.18. The van der Waals surface area contributed by atoms with Crippen LogP contribution in [0.2, 0.25) is 5.02 Å². The predicted octanol–water partition coefficient (Wildman–Crippen LogP) is 5.35. The average molecular weight is 392 g/mol. The molecular weight excluding hydrogens is 373 g/mol. The van der Waals surface area contributed by atoms with Crippen LogP contribution in [0.5, 0.6) is 5.75 Å². The number of nitrogens with zero attached hydrogens (tertiary/aromatic N) is 3. The molecule has 0 aliphatic carbocycles. The number of halogens is 2. The van der Waals surface area contributed by atoms with E-state index < -0.39 is 0 Å². The van der Waals surface area contributed by atoms with Crippen molar-refractivity contribution in [1.82, 2.24) is 14.8 Å². The van der Waals surface area contributed by atoms with Crippen LogP contribution < -0.4 is 4.74 Å². The summed E-state index contributed by atoms with van der Waals surface area (Å²) in [6.07, 6.45) is -0.257. The molecule has 1 atom stereocenters. The van der Waals surface area contributed by atoms with Crippen molar-refractivity contribution >= 4 is 23.4 Å². The van der Waals surface area contributed by atoms with Gasteiger partial charge in [0.05, 0.1) is 0 Å². The van der Waals surface area contributed by atoms with Crippen molar-refractivity contribution in [2.24, 2.45) is 7.05 Å². The maximum absolute atomic E-state index is 13.0. The Morgan fingerprint density at radius 3 is 2.62 bits per heavy atom. The Morgan fingerprint density at radius 1 is 1.19 bits per heavy atom. The molecule has 0 N–H and O–H groups in total. The molecule has 7 heteroatoms. The molecule has 2 aromatic carbocycles. The third-order valence-corrected chi connectivity index (χ3v) is 5.28. The second-order valence-corrected chi connectivity index (χ2v) is 7.36. The summed E-state index contributed by atoms with van der Waals surface area (Å²) in [7, 11) is 1.91. The highest BCUT2D eigenvalue weighted by atomic mass is 35.5. The Labute approximate surface area is 161 Å². The number of ether oxygens (including phenoxy) is 1. The van der Waals surface area contributed by atoms with E-state index in [2.05, 4.69) is 10.2 Å². The first-order valence-corrected chi connectivity index (χ1v) is 9.49. The molecule has 4 nitrogen and oxygen atoms in total. The average Bonchev–Trinajstić information content (AvgIpc) is 2.98. The number of thioether (sulfide) groups is 1. The quantitative estimate of drug-likeness (QED) is 0.531. The molecule has 0 saturated carbocycles. The smallest absolute Gasteiger partial charge is 0.191 e. The van der Waals surface area contributed by atoms with Gasteiger partial charge in [-0.3, -0.25) is 0 Å². The fraction of sp³-hybridized carbons (Fsp3) is 0.263. The summed E-state index contributed by atoms with van der Waals surface area (Å²) in [5, 5.41) is 9.98. The number of aryl methyl sites for hydroxylation is 1. The van der Waals surface area contributed by atoms with E-state index in [-0.39, 0.29) is 11.9 Å². The maximum Gasteiger partial charge on any atom is 0.191 e. The van der Waals surface area contributed by atoms with Crippen LogP contribution in [0.4, 0.5) is 4.39 Å². The van der Waals surface area contributed by atoms with E-state index in [0.717, 1.165) is 27.9 Å². The van der Waals surface area contributed by atoms with Crippen LogP contribution >= 0.6 is 23.4 Å². The van der Waals surface area contributed by atoms with Gasteiger partial charge in [0, 0.05) is 17.8 Å². The number of hydrogen-bond acceptors (Lipinski definition) is 4. The molecule has 0 bridgehead atoms. The molecular formula is C19H19ClFN3OS. The summed E-state index contributed by atoms with van der Waals surface area (Å²) in [5.74, 6) is 1.96. The summed E-state index contributed by atoms with van der Waals surface area (Å²) in [6, 6.07) is 12.0. The lowest BCUT2D eigenvalue weighted by atomic mass is 10.2. The van der Waals surface area contributed by atoms with Gasteiger partial charge >= 0.3 is 0 Å². The Bertz CT molecular complexity index is 898. The molecule has 0 amide bonds. The Morgan fingerprint density at radius 2 is 1.92 bits per heavy atom. The van der Waals surface area contributed by atoms with Crippen molar-refractivity contribution in [3.63, 3.8) is 0 Å². The molecule has 0 saturated heterocycles. The Balaban J connectivity index is 1.68. The molecule has 1 aromatic heterocycles. The van der Waals surface area contributed by atoms with Gasteiger partial charge in [0.25, 0.3) is 0 Å². The van der Waals surface area contributed by atoms with Gasteiger partial charge in [0.1, 0.15) is 11.6 Å². The van der Waals surface area contributed by atoms with E-state index in [9.17, 15) is 4.39 Å². The van der Waals surface area contributed by atoms with Crippen molar-refractivity contribution in [3.05, 3.63) is 70.3 Å². The first-order chi connectivity index (χ1) is 12.4. The summed E-state index contributed by atoms with van der Waals surface area (Å²) in [6.45, 7) is 3.89. The second kappa shape index (κ2) is 8.10. The molecule has 1 heterocycles. The molecule has 136 valence electrons. The van der Waals surface area contributed by atoms with Crippen molar-refractivity contribution in [1.29, 1.82) is 0 Å². The van der Waals surface area contributed by atoms with Crippen LogP contribution in [-0.4, -0.2) is 14.8 Å². The topological polar surface area (TPSA) is 39.9 Å². The first-order valence-electron chi connectivity index (χ1n) is 8.13. The van der Waals surface area contributed by atoms with Crippen LogP contribution in [0.15, 0.2) is 47.6 Å². The third kappa shape index (κ3) is 4.37. The fourth-order valence-corrected chi connectivity index (χ4v) is 3.62. The largest absolute Gasteiger partial charge is 0.482 e. The third-order valence-electron chi connectivity index (χ3n) is 3.95. The molecule has 0 spiro atoms. The van der Waals surface area contributed by atoms with Crippen LogP contribution in [0.1, 0.15) is 30.0 Å². The molecule has 0 fully saturated rings. The zero-order valence-electron chi connectivity index (χ0n) is 14.7. The van der Waals surface area contributed by atoms with Gasteiger partial charge < -0.3 is 9.30 Å². The van der Waals surface area contributed by atoms with Crippen LogP contribution in [0, 0.1) is 12.7 Å². The van der Waals surface area contributed by atoms with E-state index in [1.807, 2.05) is 37.6 Å². The predicted molar refractivity (Wildman–Crippen MR) is 102 cm³/mol. The zero-order valence-corrected chi connectivity index (χ0v) is 16.3. The van der Waals surface area contributed by atoms with Crippen LogP contribution in [0.3, 0.4) is 0 Å². The van der Waals surface area contributed by atoms with Gasteiger partial charge in [0.15, 0.2) is 17.1 Å². The van der Waals surface area contributed by atoms with Crippen molar-refractivity contribution in [3.8, 4) is 5.75 Å². The van der Waals surface area contributed by atoms with Crippen LogP contribution in [0.25, 0.3) is 0 Å². The van der Waals surface area contributed by atoms with Gasteiger partial charge in [-0.2, -0.15) is 0 Å². The molecule has 3 rings (SSSR count). The standard InChI is InChI=1S/C19H19ClFN3OS/c1-12-10-15(20)6-9-17(12)25-13(2)18-22-23-19(24(18)3)26-11-14-4-7-16(21)8-5-14/h4-10,13H,11H2,1-3H3. The highest BCUT2D eigenvalue weighted by Crippen LogP contribution is 2.28. The summed E-state index contributed by atoms with van der Waals surface area (Å²) in [5.41, 5.74) is 2.00. The Kier molecular flexibility index (Phi) is 5.84. The summed E-state index contributed by atoms with van der Waals surface area (Å²) >= 11 is 7.54. The van der Waals surface area contributed by atoms with Gasteiger partial charge in [-0.25, -0.2) is 4.39 Å². The normalized spacial score (nSPS) is 12.2. The minimum absolute atomic E-state index is 0.233. The summed E-state index contributed by atoms with van der Waals surface area (Å²) < 4.78 is 20.9. The number of hydrogen-bond donors (Lipinski definition) is 0. The molecule has 0 radical (unpaired) electrons. The van der Waals surface area contributed by atoms with Gasteiger partial charge in [-0.05, 0) is 55.3 Å². The monoisotopic (exact) mass is 391 g/mol. The molecule has 0 aliphatic rings. The minimum Gasteiger partial charge on any atom is -0.482 e. The SMILES string of the molecule is Cc1cc(Cl)ccc1OC(C)c1nnc(SCc2ccc(F)cc2)n1C. The van der Waals surface area contributed by atoms with Gasteiger partial charge in [0.2, 0.25) is 0 Å².